The van der Waals surface area contributed by atoms with Gasteiger partial charge in [0.15, 0.2) is 0 Å². The Balaban J connectivity index is 2.34. The van der Waals surface area contributed by atoms with E-state index in [4.69, 9.17) is 14.9 Å². The molecule has 0 fully saturated rings. The first-order valence-electron chi connectivity index (χ1n) is 4.85. The highest BCUT2D eigenvalue weighted by molar-refractivity contribution is 9.10. The number of rotatable bonds is 3. The zero-order valence-corrected chi connectivity index (χ0v) is 10.4. The fourth-order valence-corrected chi connectivity index (χ4v) is 2.11. The van der Waals surface area contributed by atoms with E-state index in [1.54, 1.807) is 13.4 Å². The van der Waals surface area contributed by atoms with Gasteiger partial charge in [-0.25, -0.2) is 0 Å². The summed E-state index contributed by atoms with van der Waals surface area (Å²) in [5, 5.41) is 0. The van der Waals surface area contributed by atoms with Crippen LogP contribution in [0.25, 0.3) is 0 Å². The molecule has 1 unspecified atom stereocenters. The highest BCUT2D eigenvalue weighted by Gasteiger charge is 2.14. The van der Waals surface area contributed by atoms with Gasteiger partial charge in [-0.15, -0.1) is 0 Å². The number of hydrogen-bond acceptors (Lipinski definition) is 3. The second-order valence-corrected chi connectivity index (χ2v) is 4.23. The zero-order valence-electron chi connectivity index (χ0n) is 8.81. The summed E-state index contributed by atoms with van der Waals surface area (Å²) in [6.07, 6.45) is 1.62. The molecule has 0 bridgehead atoms. The van der Waals surface area contributed by atoms with Crippen molar-refractivity contribution in [1.29, 1.82) is 0 Å². The summed E-state index contributed by atoms with van der Waals surface area (Å²) in [4.78, 5) is 0. The smallest absolute Gasteiger partial charge is 0.125 e. The van der Waals surface area contributed by atoms with Crippen molar-refractivity contribution in [3.8, 4) is 5.75 Å². The molecule has 0 aliphatic carbocycles. The van der Waals surface area contributed by atoms with Gasteiger partial charge in [-0.05, 0) is 29.8 Å². The minimum absolute atomic E-state index is 0.268. The van der Waals surface area contributed by atoms with Crippen LogP contribution in [0.4, 0.5) is 0 Å². The van der Waals surface area contributed by atoms with Gasteiger partial charge in [0.2, 0.25) is 0 Å². The van der Waals surface area contributed by atoms with Gasteiger partial charge in [0.25, 0.3) is 0 Å². The lowest BCUT2D eigenvalue weighted by Crippen LogP contribution is -2.11. The van der Waals surface area contributed by atoms with Crippen LogP contribution >= 0.6 is 15.9 Å². The van der Waals surface area contributed by atoms with Crippen LogP contribution < -0.4 is 10.5 Å². The number of furan rings is 1. The summed E-state index contributed by atoms with van der Waals surface area (Å²) in [5.74, 6) is 1.54. The maximum absolute atomic E-state index is 6.09. The van der Waals surface area contributed by atoms with Gasteiger partial charge in [-0.2, -0.15) is 0 Å². The summed E-state index contributed by atoms with van der Waals surface area (Å²) < 4.78 is 11.3. The molecule has 1 aromatic carbocycles. The van der Waals surface area contributed by atoms with Crippen LogP contribution in [0.15, 0.2) is 45.5 Å². The van der Waals surface area contributed by atoms with E-state index < -0.39 is 0 Å². The molecule has 1 heterocycles. The van der Waals surface area contributed by atoms with Gasteiger partial charge in [-0.1, -0.05) is 22.0 Å². The molecule has 4 heteroatoms. The molecule has 84 valence electrons. The van der Waals surface area contributed by atoms with Crippen molar-refractivity contribution in [2.75, 3.05) is 7.11 Å². The van der Waals surface area contributed by atoms with Crippen molar-refractivity contribution in [2.24, 2.45) is 5.73 Å². The first kappa shape index (κ1) is 11.2. The van der Waals surface area contributed by atoms with E-state index in [9.17, 15) is 0 Å². The Bertz CT molecular complexity index is 468. The quantitative estimate of drug-likeness (QED) is 0.941. The molecule has 0 spiro atoms. The molecular formula is C12H12BrNO2. The second-order valence-electron chi connectivity index (χ2n) is 3.38. The van der Waals surface area contributed by atoms with Gasteiger partial charge in [0.1, 0.15) is 11.5 Å². The van der Waals surface area contributed by atoms with E-state index >= 15 is 0 Å². The van der Waals surface area contributed by atoms with Crippen LogP contribution in [0.3, 0.4) is 0 Å². The van der Waals surface area contributed by atoms with E-state index in [1.807, 2.05) is 30.3 Å². The lowest BCUT2D eigenvalue weighted by molar-refractivity contribution is 0.414. The van der Waals surface area contributed by atoms with Crippen LogP contribution in [0.2, 0.25) is 0 Å². The van der Waals surface area contributed by atoms with Crippen molar-refractivity contribution in [3.63, 3.8) is 0 Å². The summed E-state index contributed by atoms with van der Waals surface area (Å²) in [6.45, 7) is 0. The summed E-state index contributed by atoms with van der Waals surface area (Å²) in [5.41, 5.74) is 7.06. The monoisotopic (exact) mass is 281 g/mol. The average molecular weight is 282 g/mol. The fourth-order valence-electron chi connectivity index (χ4n) is 1.51. The lowest BCUT2D eigenvalue weighted by atomic mass is 10.1. The molecule has 1 atom stereocenters. The van der Waals surface area contributed by atoms with Crippen molar-refractivity contribution >= 4 is 15.9 Å². The van der Waals surface area contributed by atoms with E-state index in [2.05, 4.69) is 15.9 Å². The predicted molar refractivity (Wildman–Crippen MR) is 65.4 cm³/mol. The van der Waals surface area contributed by atoms with Crippen LogP contribution in [0.5, 0.6) is 5.75 Å². The highest BCUT2D eigenvalue weighted by Crippen LogP contribution is 2.30. The van der Waals surface area contributed by atoms with E-state index in [1.165, 1.54) is 0 Å². The minimum atomic E-state index is -0.268. The van der Waals surface area contributed by atoms with E-state index in [0.29, 0.717) is 0 Å². The first-order valence-corrected chi connectivity index (χ1v) is 5.64. The molecule has 0 aliphatic heterocycles. The SMILES string of the molecule is COc1ccc(C(N)c2ccco2)c(Br)c1. The molecule has 2 aromatic rings. The topological polar surface area (TPSA) is 48.4 Å². The van der Waals surface area contributed by atoms with Crippen LogP contribution in [0, 0.1) is 0 Å². The van der Waals surface area contributed by atoms with Crippen molar-refractivity contribution in [1.82, 2.24) is 0 Å². The molecule has 3 nitrogen and oxygen atoms in total. The number of nitrogens with two attached hydrogens (primary N) is 1. The fraction of sp³-hybridized carbons (Fsp3) is 0.167. The molecule has 2 N–H and O–H groups in total. The molecule has 0 saturated carbocycles. The average Bonchev–Trinajstić information content (AvgIpc) is 2.81. The standard InChI is InChI=1S/C12H12BrNO2/c1-15-8-4-5-9(10(13)7-8)12(14)11-3-2-6-16-11/h2-7,12H,14H2,1H3. The molecule has 0 radical (unpaired) electrons. The Kier molecular flexibility index (Phi) is 3.31. The summed E-state index contributed by atoms with van der Waals surface area (Å²) >= 11 is 3.47. The summed E-state index contributed by atoms with van der Waals surface area (Å²) in [7, 11) is 1.63. The largest absolute Gasteiger partial charge is 0.497 e. The van der Waals surface area contributed by atoms with Crippen LogP contribution in [-0.2, 0) is 0 Å². The van der Waals surface area contributed by atoms with Gasteiger partial charge in [-0.3, -0.25) is 0 Å². The normalized spacial score (nSPS) is 12.4. The maximum Gasteiger partial charge on any atom is 0.125 e. The van der Waals surface area contributed by atoms with Gasteiger partial charge in [0, 0.05) is 4.47 Å². The third-order valence-corrected chi connectivity index (χ3v) is 3.08. The maximum atomic E-state index is 6.09. The number of hydrogen-bond donors (Lipinski definition) is 1. The lowest BCUT2D eigenvalue weighted by Gasteiger charge is -2.12. The molecule has 0 amide bonds. The highest BCUT2D eigenvalue weighted by atomic mass is 79.9. The van der Waals surface area contributed by atoms with Crippen molar-refractivity contribution in [3.05, 3.63) is 52.4 Å². The molecule has 0 saturated heterocycles. The molecule has 0 aliphatic rings. The molecule has 2 rings (SSSR count). The third-order valence-electron chi connectivity index (χ3n) is 2.39. The minimum Gasteiger partial charge on any atom is -0.497 e. The molecule has 1 aromatic heterocycles. The molecular weight excluding hydrogens is 270 g/mol. The zero-order chi connectivity index (χ0) is 11.5. The van der Waals surface area contributed by atoms with Gasteiger partial charge in [0.05, 0.1) is 19.4 Å². The van der Waals surface area contributed by atoms with E-state index in [-0.39, 0.29) is 6.04 Å². The second kappa shape index (κ2) is 4.72. The Morgan fingerprint density at radius 3 is 2.75 bits per heavy atom. The Hall–Kier alpha value is -1.26. The number of halogens is 1. The Morgan fingerprint density at radius 2 is 2.19 bits per heavy atom. The van der Waals surface area contributed by atoms with E-state index in [0.717, 1.165) is 21.5 Å². The molecule has 16 heavy (non-hydrogen) atoms. The third kappa shape index (κ3) is 2.13. The van der Waals surface area contributed by atoms with Crippen molar-refractivity contribution < 1.29 is 9.15 Å². The predicted octanol–water partition coefficient (Wildman–Crippen LogP) is 3.10. The van der Waals surface area contributed by atoms with Gasteiger partial charge < -0.3 is 14.9 Å². The Morgan fingerprint density at radius 1 is 1.38 bits per heavy atom. The van der Waals surface area contributed by atoms with Gasteiger partial charge >= 0.3 is 0 Å². The number of ether oxygens (including phenoxy) is 1. The van der Waals surface area contributed by atoms with Crippen LogP contribution in [0.1, 0.15) is 17.4 Å². The summed E-state index contributed by atoms with van der Waals surface area (Å²) in [6, 6.07) is 9.11. The van der Waals surface area contributed by atoms with Crippen molar-refractivity contribution in [2.45, 2.75) is 6.04 Å². The number of benzene rings is 1. The first-order chi connectivity index (χ1) is 7.72. The van der Waals surface area contributed by atoms with Crippen LogP contribution in [-0.4, -0.2) is 7.11 Å². The Labute approximate surface area is 102 Å². The number of methoxy groups -OCH3 is 1.